The highest BCUT2D eigenvalue weighted by Crippen LogP contribution is 2.35. The number of rotatable bonds is 6. The summed E-state index contributed by atoms with van der Waals surface area (Å²) in [7, 11) is 2.95. The highest BCUT2D eigenvalue weighted by Gasteiger charge is 2.28. The molecule has 0 aromatic heterocycles. The third-order valence-corrected chi connectivity index (χ3v) is 4.87. The molecule has 3 aromatic carbocycles. The van der Waals surface area contributed by atoms with Crippen LogP contribution in [0.15, 0.2) is 66.4 Å². The van der Waals surface area contributed by atoms with Crippen molar-refractivity contribution < 1.29 is 33.5 Å². The molecule has 1 aliphatic rings. The van der Waals surface area contributed by atoms with E-state index in [4.69, 9.17) is 18.9 Å². The molecular formula is C24H17NO8. The van der Waals surface area contributed by atoms with Crippen LogP contribution >= 0.6 is 0 Å². The molecule has 166 valence electrons. The van der Waals surface area contributed by atoms with Crippen LogP contribution in [0.5, 0.6) is 23.0 Å². The molecule has 0 amide bonds. The number of non-ortho nitro benzene ring substituents is 1. The van der Waals surface area contributed by atoms with E-state index in [0.717, 1.165) is 0 Å². The molecule has 3 aromatic rings. The number of esters is 1. The molecule has 0 spiro atoms. The van der Waals surface area contributed by atoms with E-state index >= 15 is 0 Å². The van der Waals surface area contributed by atoms with Crippen molar-refractivity contribution in [3.8, 4) is 23.0 Å². The van der Waals surface area contributed by atoms with E-state index in [2.05, 4.69) is 0 Å². The maximum absolute atomic E-state index is 12.6. The van der Waals surface area contributed by atoms with Gasteiger partial charge < -0.3 is 18.9 Å². The second-order valence-electron chi connectivity index (χ2n) is 6.91. The summed E-state index contributed by atoms with van der Waals surface area (Å²) in [5, 5.41) is 10.8. The molecule has 0 saturated carbocycles. The van der Waals surface area contributed by atoms with E-state index in [0.29, 0.717) is 22.6 Å². The van der Waals surface area contributed by atoms with Gasteiger partial charge in [-0.25, -0.2) is 4.79 Å². The lowest BCUT2D eigenvalue weighted by atomic mass is 10.1. The summed E-state index contributed by atoms with van der Waals surface area (Å²) in [5.74, 6) is 0.385. The number of methoxy groups -OCH3 is 2. The highest BCUT2D eigenvalue weighted by molar-refractivity contribution is 6.14. The van der Waals surface area contributed by atoms with Gasteiger partial charge in [0.05, 0.1) is 30.3 Å². The summed E-state index contributed by atoms with van der Waals surface area (Å²) in [5.41, 5.74) is 1.08. The zero-order valence-electron chi connectivity index (χ0n) is 17.6. The smallest absolute Gasteiger partial charge is 0.343 e. The van der Waals surface area contributed by atoms with Crippen LogP contribution in [0.25, 0.3) is 6.08 Å². The fourth-order valence-corrected chi connectivity index (χ4v) is 3.20. The number of fused-ring (bicyclic) bond motifs is 1. The number of nitro benzene ring substituents is 1. The third kappa shape index (κ3) is 4.38. The lowest BCUT2D eigenvalue weighted by Gasteiger charge is -2.10. The van der Waals surface area contributed by atoms with Crippen LogP contribution in [0.3, 0.4) is 0 Å². The van der Waals surface area contributed by atoms with Crippen molar-refractivity contribution in [2.45, 2.75) is 0 Å². The van der Waals surface area contributed by atoms with Crippen molar-refractivity contribution in [2.24, 2.45) is 0 Å². The summed E-state index contributed by atoms with van der Waals surface area (Å²) >= 11 is 0. The van der Waals surface area contributed by atoms with Crippen molar-refractivity contribution in [1.29, 1.82) is 0 Å². The number of Topliss-reactive ketones (excluding diaryl/α,β-unsaturated/α-hetero) is 1. The molecule has 4 rings (SSSR count). The Bertz CT molecular complexity index is 1290. The zero-order valence-corrected chi connectivity index (χ0v) is 17.6. The molecule has 1 heterocycles. The Morgan fingerprint density at radius 2 is 1.70 bits per heavy atom. The van der Waals surface area contributed by atoms with Crippen LogP contribution in [0, 0.1) is 10.1 Å². The lowest BCUT2D eigenvalue weighted by Crippen LogP contribution is -2.09. The van der Waals surface area contributed by atoms with Gasteiger partial charge in [0.2, 0.25) is 5.78 Å². The van der Waals surface area contributed by atoms with Crippen LogP contribution in [-0.2, 0) is 0 Å². The van der Waals surface area contributed by atoms with Crippen LogP contribution in [0.4, 0.5) is 5.69 Å². The molecule has 0 aliphatic carbocycles. The van der Waals surface area contributed by atoms with E-state index < -0.39 is 10.9 Å². The predicted octanol–water partition coefficient (Wildman–Crippen LogP) is 4.45. The molecule has 0 saturated heterocycles. The fourth-order valence-electron chi connectivity index (χ4n) is 3.20. The Morgan fingerprint density at radius 1 is 0.970 bits per heavy atom. The average molecular weight is 447 g/mol. The summed E-state index contributed by atoms with van der Waals surface area (Å²) < 4.78 is 21.4. The molecular weight excluding hydrogens is 430 g/mol. The Balaban J connectivity index is 1.52. The zero-order chi connectivity index (χ0) is 23.5. The monoisotopic (exact) mass is 447 g/mol. The number of hydrogen-bond donors (Lipinski definition) is 0. The first-order valence-corrected chi connectivity index (χ1v) is 9.66. The summed E-state index contributed by atoms with van der Waals surface area (Å²) in [4.78, 5) is 35.4. The molecule has 0 atom stereocenters. The van der Waals surface area contributed by atoms with Crippen molar-refractivity contribution >= 4 is 23.5 Å². The molecule has 0 bridgehead atoms. The Hall–Kier alpha value is -4.66. The number of ketones is 1. The number of hydrogen-bond acceptors (Lipinski definition) is 8. The number of nitrogens with zero attached hydrogens (tertiary/aromatic N) is 1. The molecule has 33 heavy (non-hydrogen) atoms. The normalized spacial score (nSPS) is 13.3. The van der Waals surface area contributed by atoms with E-state index in [9.17, 15) is 19.7 Å². The van der Waals surface area contributed by atoms with Crippen LogP contribution in [-0.4, -0.2) is 30.9 Å². The van der Waals surface area contributed by atoms with E-state index in [-0.39, 0.29) is 34.3 Å². The predicted molar refractivity (Wildman–Crippen MR) is 117 cm³/mol. The number of allylic oxidation sites excluding steroid dienone is 1. The van der Waals surface area contributed by atoms with Gasteiger partial charge in [-0.1, -0.05) is 0 Å². The van der Waals surface area contributed by atoms with Crippen molar-refractivity contribution in [3.63, 3.8) is 0 Å². The number of ether oxygens (including phenoxy) is 4. The second-order valence-corrected chi connectivity index (χ2v) is 6.91. The molecule has 0 fully saturated rings. The lowest BCUT2D eigenvalue weighted by molar-refractivity contribution is -0.384. The minimum atomic E-state index is -0.623. The number of nitro groups is 1. The molecule has 1 aliphatic heterocycles. The molecule has 9 heteroatoms. The Kier molecular flexibility index (Phi) is 5.77. The number of carbonyl (C=O) groups is 2. The first-order chi connectivity index (χ1) is 15.9. The summed E-state index contributed by atoms with van der Waals surface area (Å²) in [6.45, 7) is 0. The quantitative estimate of drug-likeness (QED) is 0.179. The van der Waals surface area contributed by atoms with Crippen LogP contribution in [0.1, 0.15) is 26.3 Å². The van der Waals surface area contributed by atoms with Crippen molar-refractivity contribution in [2.75, 3.05) is 14.2 Å². The highest BCUT2D eigenvalue weighted by atomic mass is 16.6. The van der Waals surface area contributed by atoms with Gasteiger partial charge in [-0.3, -0.25) is 14.9 Å². The van der Waals surface area contributed by atoms with Gasteiger partial charge >= 0.3 is 5.97 Å². The minimum absolute atomic E-state index is 0.0555. The van der Waals surface area contributed by atoms with Crippen molar-refractivity contribution in [3.05, 3.63) is 93.2 Å². The topological polar surface area (TPSA) is 114 Å². The fraction of sp³-hybridized carbons (Fsp3) is 0.0833. The number of carbonyl (C=O) groups excluding carboxylic acids is 2. The average Bonchev–Trinajstić information content (AvgIpc) is 3.13. The largest absolute Gasteiger partial charge is 0.493 e. The van der Waals surface area contributed by atoms with Gasteiger partial charge in [-0.2, -0.15) is 0 Å². The molecule has 0 N–H and O–H groups in total. The Labute approximate surface area is 187 Å². The Morgan fingerprint density at radius 3 is 2.36 bits per heavy atom. The van der Waals surface area contributed by atoms with E-state index in [1.807, 2.05) is 0 Å². The SMILES string of the molecule is COc1ccc(C(=O)Oc2ccc3c(c2)O/C(=C\c2ccc([N+](=O)[O-])cc2)C3=O)cc1OC. The van der Waals surface area contributed by atoms with Gasteiger partial charge in [0, 0.05) is 18.2 Å². The first kappa shape index (κ1) is 21.6. The second kappa shape index (κ2) is 8.83. The van der Waals surface area contributed by atoms with E-state index in [1.54, 1.807) is 12.1 Å². The molecule has 0 unspecified atom stereocenters. The molecule has 0 radical (unpaired) electrons. The molecule has 9 nitrogen and oxygen atoms in total. The maximum atomic E-state index is 12.6. The van der Waals surface area contributed by atoms with Crippen LogP contribution in [0.2, 0.25) is 0 Å². The maximum Gasteiger partial charge on any atom is 0.343 e. The van der Waals surface area contributed by atoms with Gasteiger partial charge in [-0.05, 0) is 54.1 Å². The van der Waals surface area contributed by atoms with E-state index in [1.165, 1.54) is 68.8 Å². The van der Waals surface area contributed by atoms with Crippen LogP contribution < -0.4 is 18.9 Å². The van der Waals surface area contributed by atoms with Gasteiger partial charge in [0.25, 0.3) is 5.69 Å². The first-order valence-electron chi connectivity index (χ1n) is 9.66. The third-order valence-electron chi connectivity index (χ3n) is 4.87. The van der Waals surface area contributed by atoms with Gasteiger partial charge in [-0.15, -0.1) is 0 Å². The van der Waals surface area contributed by atoms with Gasteiger partial charge in [0.15, 0.2) is 17.3 Å². The minimum Gasteiger partial charge on any atom is -0.493 e. The summed E-state index contributed by atoms with van der Waals surface area (Å²) in [6.07, 6.45) is 1.49. The summed E-state index contributed by atoms with van der Waals surface area (Å²) in [6, 6.07) is 14.8. The van der Waals surface area contributed by atoms with Crippen molar-refractivity contribution in [1.82, 2.24) is 0 Å². The van der Waals surface area contributed by atoms with Gasteiger partial charge in [0.1, 0.15) is 11.5 Å². The standard InChI is InChI=1S/C24H17NO8/c1-30-19-10-5-15(12-21(19)31-2)24(27)32-17-8-9-18-20(13-17)33-22(23(18)26)11-14-3-6-16(7-4-14)25(28)29/h3-13H,1-2H3/b22-11-. The number of benzene rings is 3.